The van der Waals surface area contributed by atoms with E-state index in [0.717, 1.165) is 13.8 Å². The molecule has 0 unspecified atom stereocenters. The van der Waals surface area contributed by atoms with Crippen LogP contribution in [0.5, 0.6) is 0 Å². The molecule has 7 aliphatic heterocycles. The maximum atomic E-state index is 12.7. The van der Waals surface area contributed by atoms with Crippen LogP contribution in [0, 0.1) is 0 Å². The summed E-state index contributed by atoms with van der Waals surface area (Å²) >= 11 is 0. The molecule has 38 nitrogen and oxygen atoms in total. The number of carbonyl (C=O) groups excluding carboxylic acids is 2. The molecule has 35 atom stereocenters. The average molecular weight is 1240 g/mol. The fourth-order valence-corrected chi connectivity index (χ4v) is 10.7. The van der Waals surface area contributed by atoms with Crippen LogP contribution in [0.3, 0.4) is 0 Å². The minimum Gasteiger partial charge on any atom is -0.394 e. The van der Waals surface area contributed by atoms with Gasteiger partial charge in [0.1, 0.15) is 171 Å². The third-order valence-corrected chi connectivity index (χ3v) is 15.3. The first-order valence-electron chi connectivity index (χ1n) is 26.6. The van der Waals surface area contributed by atoms with Crippen molar-refractivity contribution in [3.8, 4) is 0 Å². The van der Waals surface area contributed by atoms with Gasteiger partial charge in [-0.1, -0.05) is 0 Å². The van der Waals surface area contributed by atoms with Gasteiger partial charge in [-0.3, -0.25) is 9.59 Å². The van der Waals surface area contributed by atoms with Crippen molar-refractivity contribution in [2.75, 3.05) is 46.2 Å². The molecule has 2 amide bonds. The first-order chi connectivity index (χ1) is 39.7. The van der Waals surface area contributed by atoms with Crippen molar-refractivity contribution in [1.29, 1.82) is 0 Å². The molecule has 0 bridgehead atoms. The lowest BCUT2D eigenvalue weighted by atomic mass is 9.94. The van der Waals surface area contributed by atoms with Crippen LogP contribution in [-0.4, -0.2) is 380 Å². The fourth-order valence-electron chi connectivity index (χ4n) is 10.7. The lowest BCUT2D eigenvalue weighted by molar-refractivity contribution is -0.399. The van der Waals surface area contributed by atoms with Gasteiger partial charge in [0.15, 0.2) is 44.0 Å². The molecule has 488 valence electrons. The van der Waals surface area contributed by atoms with Gasteiger partial charge in [0.05, 0.1) is 46.2 Å². The SMILES string of the molecule is CC(=O)N[C@@H]1[C@@H](O)[C@H](O[C@@H]2O[C@H](CO)[C@@H](O[C@@H]3O[C@H](CO[C@H]4O[C@H](CO)[C@@H](O)[C@H](O)[C@@H]4O[C@H]4O[C@H](CO)[C@@H](O)[C@H](O)[C@@H]4O)[C@@H](O)[C@H](O[C@H]4O[C@H](CO)[C@@H](O)[C@H](O)[C@@H]4O[C@H]4O[C@H](CO)[C@@H](O)[C@H](O)[C@@H]4O)[C@@H]3O)[C@H](O)[C@H]2NC(C)=O)[C@@H](CO)O[C@H]1O. The number of ether oxygens (including phenoxy) is 13. The molecule has 0 saturated carbocycles. The van der Waals surface area contributed by atoms with Gasteiger partial charge in [0, 0.05) is 13.8 Å². The molecule has 0 spiro atoms. The van der Waals surface area contributed by atoms with E-state index in [2.05, 4.69) is 10.6 Å². The zero-order valence-electron chi connectivity index (χ0n) is 44.7. The van der Waals surface area contributed by atoms with Gasteiger partial charge in [-0.15, -0.1) is 0 Å². The molecular weight excluding hydrogens is 1160 g/mol. The summed E-state index contributed by atoms with van der Waals surface area (Å²) < 4.78 is 75.1. The number of aliphatic hydroxyl groups excluding tert-OH is 21. The van der Waals surface area contributed by atoms with E-state index < -0.39 is 273 Å². The highest BCUT2D eigenvalue weighted by atomic mass is 16.8. The van der Waals surface area contributed by atoms with Crippen LogP contribution in [0.25, 0.3) is 0 Å². The normalized spacial score (nSPS) is 50.3. The molecule has 23 N–H and O–H groups in total. The number of carbonyl (C=O) groups is 2. The largest absolute Gasteiger partial charge is 0.394 e. The molecule has 7 saturated heterocycles. The van der Waals surface area contributed by atoms with Crippen molar-refractivity contribution in [3.63, 3.8) is 0 Å². The maximum absolute atomic E-state index is 12.7. The van der Waals surface area contributed by atoms with Crippen molar-refractivity contribution in [1.82, 2.24) is 10.6 Å². The van der Waals surface area contributed by atoms with Crippen LogP contribution >= 0.6 is 0 Å². The molecule has 0 aromatic heterocycles. The topological polar surface area (TPSA) is 603 Å². The van der Waals surface area contributed by atoms with Crippen LogP contribution < -0.4 is 10.6 Å². The van der Waals surface area contributed by atoms with E-state index >= 15 is 0 Å². The van der Waals surface area contributed by atoms with Gasteiger partial charge < -0.3 is 179 Å². The molecule has 7 aliphatic rings. The number of aliphatic hydroxyl groups is 21. The Balaban J connectivity index is 1.22. The summed E-state index contributed by atoms with van der Waals surface area (Å²) in [6, 6.07) is -3.41. The Morgan fingerprint density at radius 2 is 0.643 bits per heavy atom. The van der Waals surface area contributed by atoms with Gasteiger partial charge in [0.2, 0.25) is 11.8 Å². The zero-order chi connectivity index (χ0) is 61.9. The Bertz CT molecular complexity index is 2060. The van der Waals surface area contributed by atoms with E-state index in [-0.39, 0.29) is 0 Å². The maximum Gasteiger partial charge on any atom is 0.217 e. The molecule has 0 radical (unpaired) electrons. The Morgan fingerprint density at radius 1 is 0.310 bits per heavy atom. The zero-order valence-corrected chi connectivity index (χ0v) is 44.7. The molecule has 0 aromatic rings. The summed E-state index contributed by atoms with van der Waals surface area (Å²) in [5, 5.41) is 232. The van der Waals surface area contributed by atoms with Crippen molar-refractivity contribution < 1.29 is 178 Å². The standard InChI is InChI=1S/C46H78N2O36/c1-10(55)47-19-26(62)35(16(7-53)73-40(19)71)80-41-20(48-11(2)56)27(63)36(17(8-54)78-41)81-44-34(70)37(82-46-39(31(67)24(60)15(6-52)77-46)84-43-33(69)29(65)22(58)13(4-50)75-43)25(61)18(79-44)9-72-45-38(30(66)23(59)14(5-51)76-45)83-42-32(68)28(64)21(57)12(3-49)74-42/h12-46,49-54,57-71H,3-9H2,1-2H3,(H,47,55)(H,48,56)/t12-,13-,14-,15-,16-,17-,18-,19-,20-,21-,22-,23-,24-,25-,26-,27-,28+,29+,30+,31+,32+,33+,34+,35-,36-,37+,38+,39+,40-,41+,42-,43-,44+,45+,46-/m1/s1. The van der Waals surface area contributed by atoms with Crippen LogP contribution in [0.4, 0.5) is 0 Å². The summed E-state index contributed by atoms with van der Waals surface area (Å²) in [6.45, 7) is -5.08. The Kier molecular flexibility index (Phi) is 24.6. The highest BCUT2D eigenvalue weighted by Gasteiger charge is 2.59. The highest BCUT2D eigenvalue weighted by molar-refractivity contribution is 5.73. The second kappa shape index (κ2) is 29.9. The second-order valence-corrected chi connectivity index (χ2v) is 21.1. The predicted molar refractivity (Wildman–Crippen MR) is 255 cm³/mol. The van der Waals surface area contributed by atoms with E-state index in [0.29, 0.717) is 0 Å². The minimum absolute atomic E-state index is 0.746. The summed E-state index contributed by atoms with van der Waals surface area (Å²) in [6.07, 6.45) is -66.2. The fraction of sp³-hybridized carbons (Fsp3) is 0.957. The molecule has 84 heavy (non-hydrogen) atoms. The lowest BCUT2D eigenvalue weighted by Gasteiger charge is -2.50. The van der Waals surface area contributed by atoms with Crippen LogP contribution in [0.15, 0.2) is 0 Å². The summed E-state index contributed by atoms with van der Waals surface area (Å²) in [5.74, 6) is -1.63. The molecule has 38 heteroatoms. The van der Waals surface area contributed by atoms with Gasteiger partial charge in [-0.2, -0.15) is 0 Å². The number of hydrogen-bond acceptors (Lipinski definition) is 36. The Hall–Kier alpha value is -2.42. The molecule has 7 heterocycles. The first-order valence-corrected chi connectivity index (χ1v) is 26.6. The van der Waals surface area contributed by atoms with E-state index in [1.165, 1.54) is 0 Å². The summed E-state index contributed by atoms with van der Waals surface area (Å²) in [7, 11) is 0. The van der Waals surface area contributed by atoms with Crippen molar-refractivity contribution in [2.24, 2.45) is 0 Å². The van der Waals surface area contributed by atoms with E-state index in [9.17, 15) is 117 Å². The third-order valence-electron chi connectivity index (χ3n) is 15.3. The van der Waals surface area contributed by atoms with E-state index in [1.807, 2.05) is 0 Å². The highest BCUT2D eigenvalue weighted by Crippen LogP contribution is 2.38. The molecule has 7 rings (SSSR count). The monoisotopic (exact) mass is 1230 g/mol. The van der Waals surface area contributed by atoms with Gasteiger partial charge >= 0.3 is 0 Å². The van der Waals surface area contributed by atoms with Gasteiger partial charge in [-0.25, -0.2) is 0 Å². The molecular formula is C46H78N2O36. The predicted octanol–water partition coefficient (Wildman–Crippen LogP) is -16.0. The van der Waals surface area contributed by atoms with Crippen molar-refractivity contribution in [2.45, 2.75) is 229 Å². The minimum atomic E-state index is -2.43. The van der Waals surface area contributed by atoms with Crippen LogP contribution in [-0.2, 0) is 71.2 Å². The molecule has 0 aromatic carbocycles. The summed E-state index contributed by atoms with van der Waals surface area (Å²) in [5.41, 5.74) is 0. The third kappa shape index (κ3) is 14.7. The number of amides is 2. The summed E-state index contributed by atoms with van der Waals surface area (Å²) in [4.78, 5) is 24.7. The quantitative estimate of drug-likeness (QED) is 0.0507. The smallest absolute Gasteiger partial charge is 0.217 e. The molecule has 0 aliphatic carbocycles. The first kappa shape index (κ1) is 69.1. The number of rotatable bonds is 21. The lowest BCUT2D eigenvalue weighted by Crippen LogP contribution is -2.70. The second-order valence-electron chi connectivity index (χ2n) is 21.1. The Labute approximate surface area is 475 Å². The van der Waals surface area contributed by atoms with E-state index in [1.54, 1.807) is 0 Å². The van der Waals surface area contributed by atoms with E-state index in [4.69, 9.17) is 61.6 Å². The van der Waals surface area contributed by atoms with Crippen molar-refractivity contribution in [3.05, 3.63) is 0 Å². The Morgan fingerprint density at radius 3 is 1.11 bits per heavy atom. The van der Waals surface area contributed by atoms with Gasteiger partial charge in [0.25, 0.3) is 0 Å². The van der Waals surface area contributed by atoms with Crippen LogP contribution in [0.1, 0.15) is 13.8 Å². The number of nitrogens with one attached hydrogen (secondary N) is 2. The van der Waals surface area contributed by atoms with Crippen LogP contribution in [0.2, 0.25) is 0 Å². The van der Waals surface area contributed by atoms with Crippen molar-refractivity contribution >= 4 is 11.8 Å². The van der Waals surface area contributed by atoms with Gasteiger partial charge in [-0.05, 0) is 0 Å². The number of hydrogen-bond donors (Lipinski definition) is 23. The molecule has 7 fully saturated rings. The average Bonchev–Trinajstić information content (AvgIpc) is 1.62.